The summed E-state index contributed by atoms with van der Waals surface area (Å²) in [5.41, 5.74) is 0.481. The first-order chi connectivity index (χ1) is 9.61. The fourth-order valence-electron chi connectivity index (χ4n) is 2.69. The van der Waals surface area contributed by atoms with E-state index in [0.29, 0.717) is 16.3 Å². The molecule has 1 unspecified atom stereocenters. The third-order valence-corrected chi connectivity index (χ3v) is 4.03. The van der Waals surface area contributed by atoms with Crippen molar-refractivity contribution in [2.45, 2.75) is 38.1 Å². The Bertz CT molecular complexity index is 545. The molecule has 0 spiro atoms. The topological polar surface area (TPSA) is 64.9 Å². The van der Waals surface area contributed by atoms with Crippen LogP contribution in [0.4, 0.5) is 5.69 Å². The van der Waals surface area contributed by atoms with Crippen LogP contribution in [0.1, 0.15) is 38.2 Å². The van der Waals surface area contributed by atoms with Gasteiger partial charge in [-0.25, -0.2) is 0 Å². The summed E-state index contributed by atoms with van der Waals surface area (Å²) in [7, 11) is 0. The average Bonchev–Trinajstić information content (AvgIpc) is 2.91. The number of nitriles is 1. The van der Waals surface area contributed by atoms with E-state index in [4.69, 9.17) is 16.9 Å². The van der Waals surface area contributed by atoms with Gasteiger partial charge in [0, 0.05) is 0 Å². The molecule has 106 valence electrons. The lowest BCUT2D eigenvalue weighted by Gasteiger charge is -2.28. The molecule has 5 heteroatoms. The van der Waals surface area contributed by atoms with Gasteiger partial charge < -0.3 is 10.6 Å². The summed E-state index contributed by atoms with van der Waals surface area (Å²) in [4.78, 5) is 12.6. The van der Waals surface area contributed by atoms with E-state index >= 15 is 0 Å². The molecule has 1 aromatic rings. The molecule has 1 heterocycles. The Labute approximate surface area is 124 Å². The van der Waals surface area contributed by atoms with Gasteiger partial charge in [0.25, 0.3) is 0 Å². The van der Waals surface area contributed by atoms with Gasteiger partial charge in [-0.2, -0.15) is 5.26 Å². The van der Waals surface area contributed by atoms with Crippen LogP contribution >= 0.6 is 11.6 Å². The van der Waals surface area contributed by atoms with Gasteiger partial charge in [0.15, 0.2) is 0 Å². The minimum atomic E-state index is -0.499. The number of anilines is 1. The van der Waals surface area contributed by atoms with Crippen LogP contribution in [-0.2, 0) is 4.79 Å². The van der Waals surface area contributed by atoms with Gasteiger partial charge in [0.2, 0.25) is 5.91 Å². The minimum absolute atomic E-state index is 0.0613. The molecular weight excluding hydrogens is 274 g/mol. The fraction of sp³-hybridized carbons (Fsp3) is 0.467. The van der Waals surface area contributed by atoms with Crippen molar-refractivity contribution in [3.8, 4) is 6.07 Å². The lowest BCUT2D eigenvalue weighted by atomic mass is 9.90. The van der Waals surface area contributed by atoms with E-state index in [1.165, 1.54) is 0 Å². The van der Waals surface area contributed by atoms with Crippen LogP contribution in [0.2, 0.25) is 5.02 Å². The number of carbonyl (C=O) groups excluding carboxylic acids is 1. The molecule has 2 N–H and O–H groups in total. The SMILES string of the molecule is CCCC1(C(=O)Nc2cc(C#N)ccc2Cl)CCCN1. The molecule has 4 nitrogen and oxygen atoms in total. The van der Waals surface area contributed by atoms with E-state index in [1.54, 1.807) is 18.2 Å². The van der Waals surface area contributed by atoms with Gasteiger partial charge >= 0.3 is 0 Å². The molecule has 0 aromatic heterocycles. The zero-order valence-electron chi connectivity index (χ0n) is 11.5. The molecule has 1 aromatic carbocycles. The van der Waals surface area contributed by atoms with Crippen LogP contribution in [0, 0.1) is 11.3 Å². The first-order valence-electron chi connectivity index (χ1n) is 6.87. The number of carbonyl (C=O) groups is 1. The van der Waals surface area contributed by atoms with Crippen LogP contribution in [0.15, 0.2) is 18.2 Å². The molecular formula is C15H18ClN3O. The van der Waals surface area contributed by atoms with Crippen LogP contribution in [0.5, 0.6) is 0 Å². The summed E-state index contributed by atoms with van der Waals surface area (Å²) in [6, 6.07) is 6.91. The number of benzene rings is 1. The van der Waals surface area contributed by atoms with Crippen molar-refractivity contribution in [3.05, 3.63) is 28.8 Å². The zero-order chi connectivity index (χ0) is 14.6. The number of hydrogen-bond acceptors (Lipinski definition) is 3. The van der Waals surface area contributed by atoms with E-state index in [1.807, 2.05) is 6.07 Å². The third kappa shape index (κ3) is 2.95. The number of nitrogens with one attached hydrogen (secondary N) is 2. The van der Waals surface area contributed by atoms with E-state index < -0.39 is 5.54 Å². The first kappa shape index (κ1) is 14.8. The summed E-state index contributed by atoms with van der Waals surface area (Å²) < 4.78 is 0. The van der Waals surface area contributed by atoms with E-state index in [2.05, 4.69) is 17.6 Å². The minimum Gasteiger partial charge on any atom is -0.323 e. The van der Waals surface area contributed by atoms with Crippen LogP contribution < -0.4 is 10.6 Å². The lowest BCUT2D eigenvalue weighted by molar-refractivity contribution is -0.122. The van der Waals surface area contributed by atoms with E-state index in [0.717, 1.165) is 32.2 Å². The molecule has 20 heavy (non-hydrogen) atoms. The predicted octanol–water partition coefficient (Wildman–Crippen LogP) is 3.07. The quantitative estimate of drug-likeness (QED) is 0.896. The molecule has 0 aliphatic carbocycles. The second kappa shape index (κ2) is 6.25. The van der Waals surface area contributed by atoms with Crippen LogP contribution in [0.25, 0.3) is 0 Å². The highest BCUT2D eigenvalue weighted by atomic mass is 35.5. The molecule has 0 bridgehead atoms. The molecule has 1 saturated heterocycles. The zero-order valence-corrected chi connectivity index (χ0v) is 12.3. The number of amides is 1. The highest BCUT2D eigenvalue weighted by Gasteiger charge is 2.40. The van der Waals surface area contributed by atoms with Gasteiger partial charge in [-0.3, -0.25) is 4.79 Å². The maximum atomic E-state index is 12.6. The molecule has 1 atom stereocenters. The van der Waals surface area contributed by atoms with Gasteiger partial charge in [-0.15, -0.1) is 0 Å². The molecule has 0 radical (unpaired) electrons. The van der Waals surface area contributed by atoms with E-state index in [-0.39, 0.29) is 5.91 Å². The van der Waals surface area contributed by atoms with Gasteiger partial charge in [-0.05, 0) is 44.0 Å². The van der Waals surface area contributed by atoms with Crippen molar-refractivity contribution in [3.63, 3.8) is 0 Å². The first-order valence-corrected chi connectivity index (χ1v) is 7.25. The molecule has 1 amide bonds. The van der Waals surface area contributed by atoms with Gasteiger partial charge in [-0.1, -0.05) is 24.9 Å². The molecule has 0 saturated carbocycles. The summed E-state index contributed by atoms with van der Waals surface area (Å²) in [5.74, 6) is -0.0613. The molecule has 2 rings (SSSR count). The maximum Gasteiger partial charge on any atom is 0.244 e. The number of nitrogens with zero attached hydrogens (tertiary/aromatic N) is 1. The van der Waals surface area contributed by atoms with Crippen LogP contribution in [-0.4, -0.2) is 18.0 Å². The number of hydrogen-bond donors (Lipinski definition) is 2. The average molecular weight is 292 g/mol. The Morgan fingerprint density at radius 1 is 1.60 bits per heavy atom. The Morgan fingerprint density at radius 3 is 3.00 bits per heavy atom. The molecule has 1 fully saturated rings. The Kier molecular flexibility index (Phi) is 4.64. The van der Waals surface area contributed by atoms with Crippen molar-refractivity contribution < 1.29 is 4.79 Å². The second-order valence-electron chi connectivity index (χ2n) is 5.12. The predicted molar refractivity (Wildman–Crippen MR) is 79.7 cm³/mol. The standard InChI is InChI=1S/C15H18ClN3O/c1-2-6-15(7-3-8-18-15)14(20)19-13-9-11(10-17)4-5-12(13)16/h4-5,9,18H,2-3,6-8H2,1H3,(H,19,20). The normalized spacial score (nSPS) is 21.4. The summed E-state index contributed by atoms with van der Waals surface area (Å²) in [5, 5.41) is 15.5. The van der Waals surface area contributed by atoms with Gasteiger partial charge in [0.05, 0.1) is 27.9 Å². The molecule has 1 aliphatic heterocycles. The highest BCUT2D eigenvalue weighted by molar-refractivity contribution is 6.33. The summed E-state index contributed by atoms with van der Waals surface area (Å²) >= 11 is 6.08. The third-order valence-electron chi connectivity index (χ3n) is 3.70. The highest BCUT2D eigenvalue weighted by Crippen LogP contribution is 2.29. The van der Waals surface area contributed by atoms with Gasteiger partial charge in [0.1, 0.15) is 0 Å². The monoisotopic (exact) mass is 291 g/mol. The number of rotatable bonds is 4. The van der Waals surface area contributed by atoms with Crippen LogP contribution in [0.3, 0.4) is 0 Å². The van der Waals surface area contributed by atoms with Crippen molar-refractivity contribution in [2.75, 3.05) is 11.9 Å². The fourth-order valence-corrected chi connectivity index (χ4v) is 2.85. The van der Waals surface area contributed by atoms with Crippen molar-refractivity contribution in [1.29, 1.82) is 5.26 Å². The largest absolute Gasteiger partial charge is 0.323 e. The van der Waals surface area contributed by atoms with Crippen molar-refractivity contribution in [1.82, 2.24) is 5.32 Å². The van der Waals surface area contributed by atoms with E-state index in [9.17, 15) is 4.79 Å². The Balaban J connectivity index is 2.20. The second-order valence-corrected chi connectivity index (χ2v) is 5.53. The Morgan fingerprint density at radius 2 is 2.40 bits per heavy atom. The van der Waals surface area contributed by atoms with Crippen molar-refractivity contribution in [2.24, 2.45) is 0 Å². The lowest BCUT2D eigenvalue weighted by Crippen LogP contribution is -2.50. The number of halogens is 1. The molecule has 1 aliphatic rings. The summed E-state index contributed by atoms with van der Waals surface area (Å²) in [6.45, 7) is 2.93. The maximum absolute atomic E-state index is 12.6. The van der Waals surface area contributed by atoms with Crippen molar-refractivity contribution >= 4 is 23.2 Å². The summed E-state index contributed by atoms with van der Waals surface area (Å²) in [6.07, 6.45) is 3.57. The smallest absolute Gasteiger partial charge is 0.244 e. The Hall–Kier alpha value is -1.57.